The molecule has 0 unspecified atom stereocenters. The van der Waals surface area contributed by atoms with Gasteiger partial charge in [-0.2, -0.15) is 0 Å². The summed E-state index contributed by atoms with van der Waals surface area (Å²) in [6.07, 6.45) is 0. The first kappa shape index (κ1) is 17.3. The van der Waals surface area contributed by atoms with Gasteiger partial charge in [0, 0.05) is 36.3 Å². The van der Waals surface area contributed by atoms with E-state index in [1.807, 2.05) is 29.2 Å². The minimum absolute atomic E-state index is 0.0486. The number of hydrogen-bond acceptors (Lipinski definition) is 2. The van der Waals surface area contributed by atoms with Crippen molar-refractivity contribution in [2.24, 2.45) is 0 Å². The van der Waals surface area contributed by atoms with E-state index in [1.165, 1.54) is 6.07 Å². The predicted octanol–water partition coefficient (Wildman–Crippen LogP) is 3.53. The maximum atomic E-state index is 13.3. The molecule has 1 fully saturated rings. The summed E-state index contributed by atoms with van der Waals surface area (Å²) in [6, 6.07) is 11.5. The van der Waals surface area contributed by atoms with Gasteiger partial charge < -0.3 is 4.90 Å². The zero-order valence-electron chi connectivity index (χ0n) is 13.0. The summed E-state index contributed by atoms with van der Waals surface area (Å²) in [4.78, 5) is 16.6. The monoisotopic (exact) mass is 442 g/mol. The van der Waals surface area contributed by atoms with Crippen LogP contribution in [0, 0.1) is 15.2 Å². The fourth-order valence-corrected chi connectivity index (χ4v) is 3.43. The molecule has 3 nitrogen and oxygen atoms in total. The summed E-state index contributed by atoms with van der Waals surface area (Å²) in [5.74, 6) is -1.60. The van der Waals surface area contributed by atoms with Crippen LogP contribution in [0.1, 0.15) is 15.9 Å². The third kappa shape index (κ3) is 3.92. The molecule has 0 radical (unpaired) electrons. The first-order valence-electron chi connectivity index (χ1n) is 7.74. The molecule has 2 aromatic carbocycles. The maximum Gasteiger partial charge on any atom is 0.255 e. The molecule has 1 aliphatic heterocycles. The molecule has 126 valence electrons. The van der Waals surface area contributed by atoms with E-state index < -0.39 is 11.6 Å². The molecule has 1 heterocycles. The maximum absolute atomic E-state index is 13.3. The zero-order chi connectivity index (χ0) is 17.1. The lowest BCUT2D eigenvalue weighted by Crippen LogP contribution is -2.48. The van der Waals surface area contributed by atoms with E-state index >= 15 is 0 Å². The lowest BCUT2D eigenvalue weighted by atomic mass is 10.1. The van der Waals surface area contributed by atoms with Gasteiger partial charge in [0.25, 0.3) is 5.91 Å². The van der Waals surface area contributed by atoms with Crippen molar-refractivity contribution in [3.8, 4) is 0 Å². The Labute approximate surface area is 153 Å². The van der Waals surface area contributed by atoms with Gasteiger partial charge in [-0.05, 0) is 52.4 Å². The molecule has 24 heavy (non-hydrogen) atoms. The van der Waals surface area contributed by atoms with E-state index in [4.69, 9.17) is 0 Å². The number of amides is 1. The normalized spacial score (nSPS) is 15.5. The van der Waals surface area contributed by atoms with Crippen LogP contribution in [0.2, 0.25) is 0 Å². The summed E-state index contributed by atoms with van der Waals surface area (Å²) < 4.78 is 27.2. The third-order valence-electron chi connectivity index (χ3n) is 4.15. The molecule has 0 spiro atoms. The summed E-state index contributed by atoms with van der Waals surface area (Å²) in [5, 5.41) is 0. The molecular weight excluding hydrogens is 425 g/mol. The number of rotatable bonds is 3. The van der Waals surface area contributed by atoms with E-state index in [1.54, 1.807) is 6.07 Å². The number of piperazine rings is 1. The van der Waals surface area contributed by atoms with Gasteiger partial charge in [0.15, 0.2) is 11.6 Å². The Balaban J connectivity index is 1.58. The van der Waals surface area contributed by atoms with Crippen molar-refractivity contribution in [3.63, 3.8) is 0 Å². The van der Waals surface area contributed by atoms with E-state index in [-0.39, 0.29) is 5.91 Å². The topological polar surface area (TPSA) is 23.6 Å². The van der Waals surface area contributed by atoms with Crippen LogP contribution in [0.15, 0.2) is 42.5 Å². The van der Waals surface area contributed by atoms with Gasteiger partial charge in [0.05, 0.1) is 5.56 Å². The SMILES string of the molecule is O=C(c1ccccc1I)N1CCN(Cc2ccc(F)c(F)c2)CC1. The summed E-state index contributed by atoms with van der Waals surface area (Å²) in [7, 11) is 0. The lowest BCUT2D eigenvalue weighted by Gasteiger charge is -2.35. The highest BCUT2D eigenvalue weighted by atomic mass is 127. The molecule has 0 aromatic heterocycles. The number of hydrogen-bond donors (Lipinski definition) is 0. The molecular formula is C18H17F2IN2O. The Morgan fingerprint density at radius 3 is 2.38 bits per heavy atom. The van der Waals surface area contributed by atoms with Gasteiger partial charge in [0.2, 0.25) is 0 Å². The number of carbonyl (C=O) groups excluding carboxylic acids is 1. The zero-order valence-corrected chi connectivity index (χ0v) is 15.2. The average molecular weight is 442 g/mol. The molecule has 1 amide bonds. The molecule has 6 heteroatoms. The molecule has 0 N–H and O–H groups in total. The number of nitrogens with zero attached hydrogens (tertiary/aromatic N) is 2. The van der Waals surface area contributed by atoms with Crippen molar-refractivity contribution >= 4 is 28.5 Å². The predicted molar refractivity (Wildman–Crippen MR) is 96.7 cm³/mol. The van der Waals surface area contributed by atoms with Gasteiger partial charge >= 0.3 is 0 Å². The van der Waals surface area contributed by atoms with E-state index in [9.17, 15) is 13.6 Å². The van der Waals surface area contributed by atoms with Crippen LogP contribution in [-0.4, -0.2) is 41.9 Å². The average Bonchev–Trinajstić information content (AvgIpc) is 2.59. The number of halogens is 3. The Morgan fingerprint density at radius 2 is 1.71 bits per heavy atom. The second-order valence-electron chi connectivity index (χ2n) is 5.80. The summed E-state index contributed by atoms with van der Waals surface area (Å²) >= 11 is 2.17. The molecule has 0 saturated carbocycles. The first-order valence-corrected chi connectivity index (χ1v) is 8.82. The van der Waals surface area contributed by atoms with E-state index in [2.05, 4.69) is 27.5 Å². The fourth-order valence-electron chi connectivity index (χ4n) is 2.81. The first-order chi connectivity index (χ1) is 11.5. The van der Waals surface area contributed by atoms with E-state index in [0.717, 1.165) is 20.8 Å². The minimum Gasteiger partial charge on any atom is -0.336 e. The number of carbonyl (C=O) groups is 1. The molecule has 0 atom stereocenters. The van der Waals surface area contributed by atoms with Crippen LogP contribution in [0.3, 0.4) is 0 Å². The van der Waals surface area contributed by atoms with Crippen molar-refractivity contribution in [3.05, 3.63) is 68.8 Å². The molecule has 0 aliphatic carbocycles. The third-order valence-corrected chi connectivity index (χ3v) is 5.09. The van der Waals surface area contributed by atoms with Crippen molar-refractivity contribution in [1.82, 2.24) is 9.80 Å². The molecule has 2 aromatic rings. The van der Waals surface area contributed by atoms with Crippen LogP contribution in [0.5, 0.6) is 0 Å². The van der Waals surface area contributed by atoms with Gasteiger partial charge in [-0.25, -0.2) is 8.78 Å². The van der Waals surface area contributed by atoms with Crippen LogP contribution in [0.4, 0.5) is 8.78 Å². The summed E-state index contributed by atoms with van der Waals surface area (Å²) in [6.45, 7) is 3.26. The van der Waals surface area contributed by atoms with Crippen molar-refractivity contribution in [1.29, 1.82) is 0 Å². The second-order valence-corrected chi connectivity index (χ2v) is 6.96. The fraction of sp³-hybridized carbons (Fsp3) is 0.278. The van der Waals surface area contributed by atoms with Gasteiger partial charge in [-0.3, -0.25) is 9.69 Å². The highest BCUT2D eigenvalue weighted by molar-refractivity contribution is 14.1. The van der Waals surface area contributed by atoms with E-state index in [0.29, 0.717) is 32.7 Å². The van der Waals surface area contributed by atoms with Crippen molar-refractivity contribution < 1.29 is 13.6 Å². The molecule has 3 rings (SSSR count). The minimum atomic E-state index is -0.827. The molecule has 0 bridgehead atoms. The standard InChI is InChI=1S/C18H17F2IN2O/c19-15-6-5-13(11-16(15)20)12-22-7-9-23(10-8-22)18(24)14-3-1-2-4-17(14)21/h1-6,11H,7-10,12H2. The highest BCUT2D eigenvalue weighted by Crippen LogP contribution is 2.17. The molecule has 1 saturated heterocycles. The Bertz CT molecular complexity index is 746. The van der Waals surface area contributed by atoms with Gasteiger partial charge in [-0.15, -0.1) is 0 Å². The Kier molecular flexibility index (Phi) is 5.45. The van der Waals surface area contributed by atoms with Crippen LogP contribution >= 0.6 is 22.6 Å². The van der Waals surface area contributed by atoms with Crippen molar-refractivity contribution in [2.75, 3.05) is 26.2 Å². The van der Waals surface area contributed by atoms with Crippen molar-refractivity contribution in [2.45, 2.75) is 6.54 Å². The highest BCUT2D eigenvalue weighted by Gasteiger charge is 2.23. The number of benzene rings is 2. The lowest BCUT2D eigenvalue weighted by molar-refractivity contribution is 0.0627. The quantitative estimate of drug-likeness (QED) is 0.680. The van der Waals surface area contributed by atoms with Crippen LogP contribution in [-0.2, 0) is 6.54 Å². The van der Waals surface area contributed by atoms with Crippen LogP contribution < -0.4 is 0 Å². The van der Waals surface area contributed by atoms with Gasteiger partial charge in [0.1, 0.15) is 0 Å². The largest absolute Gasteiger partial charge is 0.336 e. The Hall–Kier alpha value is -1.54. The second kappa shape index (κ2) is 7.57. The van der Waals surface area contributed by atoms with Gasteiger partial charge in [-0.1, -0.05) is 18.2 Å². The van der Waals surface area contributed by atoms with Crippen LogP contribution in [0.25, 0.3) is 0 Å². The smallest absolute Gasteiger partial charge is 0.255 e. The summed E-state index contributed by atoms with van der Waals surface area (Å²) in [5.41, 5.74) is 1.47. The molecule has 1 aliphatic rings. The Morgan fingerprint density at radius 1 is 1.00 bits per heavy atom.